The van der Waals surface area contributed by atoms with Crippen molar-refractivity contribution in [3.05, 3.63) is 77.5 Å². The van der Waals surface area contributed by atoms with Gasteiger partial charge in [0.1, 0.15) is 18.2 Å². The zero-order valence-corrected chi connectivity index (χ0v) is 16.8. The number of hydrogen-bond donors (Lipinski definition) is 1. The number of rotatable bonds is 5. The van der Waals surface area contributed by atoms with Crippen LogP contribution in [0.5, 0.6) is 5.75 Å². The van der Waals surface area contributed by atoms with Gasteiger partial charge in [0.25, 0.3) is 0 Å². The SMILES string of the molecule is COC(=O)Nc1cc2c(cn1)OCc1cc(C(=O)C[C@H](C)c3ccccc3)ccc1-2. The van der Waals surface area contributed by atoms with Crippen LogP contribution in [0.1, 0.15) is 40.7 Å². The van der Waals surface area contributed by atoms with Crippen molar-refractivity contribution < 1.29 is 19.1 Å². The van der Waals surface area contributed by atoms with E-state index < -0.39 is 6.09 Å². The number of carbonyl (C=O) groups is 2. The van der Waals surface area contributed by atoms with E-state index in [0.29, 0.717) is 30.2 Å². The molecule has 0 saturated carbocycles. The minimum atomic E-state index is -0.590. The van der Waals surface area contributed by atoms with Gasteiger partial charge in [-0.25, -0.2) is 9.78 Å². The number of methoxy groups -OCH3 is 1. The molecule has 2 aromatic carbocycles. The standard InChI is InChI=1S/C24H22N2O4/c1-15(16-6-4-3-5-7-16)10-21(27)17-8-9-19-18(11-17)14-30-22-13-25-23(12-20(19)22)26-24(28)29-2/h3-9,11-13,15H,10,14H2,1-2H3,(H,25,26,28)/t15-/m0/s1. The van der Waals surface area contributed by atoms with Gasteiger partial charge >= 0.3 is 6.09 Å². The van der Waals surface area contributed by atoms with Crippen LogP contribution >= 0.6 is 0 Å². The van der Waals surface area contributed by atoms with Gasteiger partial charge in [-0.2, -0.15) is 0 Å². The van der Waals surface area contributed by atoms with Crippen molar-refractivity contribution in [1.82, 2.24) is 4.98 Å². The molecule has 30 heavy (non-hydrogen) atoms. The number of pyridine rings is 1. The molecule has 0 saturated heterocycles. The van der Waals surface area contributed by atoms with Crippen molar-refractivity contribution >= 4 is 17.7 Å². The highest BCUT2D eigenvalue weighted by molar-refractivity contribution is 5.97. The van der Waals surface area contributed by atoms with E-state index in [-0.39, 0.29) is 11.7 Å². The van der Waals surface area contributed by atoms with Crippen molar-refractivity contribution in [2.45, 2.75) is 25.9 Å². The smallest absolute Gasteiger partial charge is 0.412 e. The number of nitrogens with one attached hydrogen (secondary N) is 1. The molecule has 0 bridgehead atoms. The average Bonchev–Trinajstić information content (AvgIpc) is 2.79. The third kappa shape index (κ3) is 4.03. The molecule has 1 aliphatic rings. The van der Waals surface area contributed by atoms with E-state index in [4.69, 9.17) is 4.74 Å². The number of Topliss-reactive ketones (excluding diaryl/α,β-unsaturated/α-hetero) is 1. The van der Waals surface area contributed by atoms with E-state index in [1.165, 1.54) is 7.11 Å². The van der Waals surface area contributed by atoms with E-state index in [1.54, 1.807) is 12.3 Å². The second-order valence-electron chi connectivity index (χ2n) is 7.28. The van der Waals surface area contributed by atoms with Gasteiger partial charge < -0.3 is 9.47 Å². The summed E-state index contributed by atoms with van der Waals surface area (Å²) in [7, 11) is 1.29. The van der Waals surface area contributed by atoms with Crippen molar-refractivity contribution in [1.29, 1.82) is 0 Å². The van der Waals surface area contributed by atoms with Crippen LogP contribution in [-0.2, 0) is 11.3 Å². The first kappa shape index (κ1) is 19.6. The number of fused-ring (bicyclic) bond motifs is 3. The molecule has 152 valence electrons. The van der Waals surface area contributed by atoms with Gasteiger partial charge in [0, 0.05) is 17.5 Å². The third-order valence-electron chi connectivity index (χ3n) is 5.24. The Morgan fingerprint density at radius 1 is 1.13 bits per heavy atom. The summed E-state index contributed by atoms with van der Waals surface area (Å²) in [5.74, 6) is 1.25. The Morgan fingerprint density at radius 2 is 1.93 bits per heavy atom. The number of hydrogen-bond acceptors (Lipinski definition) is 5. The van der Waals surface area contributed by atoms with Crippen LogP contribution in [0.2, 0.25) is 0 Å². The Labute approximate surface area is 174 Å². The number of ether oxygens (including phenoxy) is 2. The van der Waals surface area contributed by atoms with E-state index >= 15 is 0 Å². The molecular formula is C24H22N2O4. The molecule has 1 aromatic heterocycles. The van der Waals surface area contributed by atoms with E-state index in [9.17, 15) is 9.59 Å². The van der Waals surface area contributed by atoms with Gasteiger partial charge in [-0.15, -0.1) is 0 Å². The van der Waals surface area contributed by atoms with Crippen LogP contribution in [0.4, 0.5) is 10.6 Å². The third-order valence-corrected chi connectivity index (χ3v) is 5.24. The Morgan fingerprint density at radius 3 is 2.70 bits per heavy atom. The van der Waals surface area contributed by atoms with Crippen molar-refractivity contribution in [2.24, 2.45) is 0 Å². The maximum absolute atomic E-state index is 12.9. The monoisotopic (exact) mass is 402 g/mol. The average molecular weight is 402 g/mol. The van der Waals surface area contributed by atoms with Gasteiger partial charge in [0.05, 0.1) is 13.3 Å². The molecule has 0 unspecified atom stereocenters. The molecule has 0 spiro atoms. The van der Waals surface area contributed by atoms with Gasteiger partial charge in [0.2, 0.25) is 0 Å². The minimum absolute atomic E-state index is 0.0997. The Hall–Kier alpha value is -3.67. The van der Waals surface area contributed by atoms with E-state index in [1.807, 2.05) is 48.5 Å². The molecular weight excluding hydrogens is 380 g/mol. The fourth-order valence-electron chi connectivity index (χ4n) is 3.59. The summed E-state index contributed by atoms with van der Waals surface area (Å²) < 4.78 is 10.4. The Bertz CT molecular complexity index is 1100. The number of amides is 1. The van der Waals surface area contributed by atoms with E-state index in [0.717, 1.165) is 22.3 Å². The highest BCUT2D eigenvalue weighted by Gasteiger charge is 2.21. The molecule has 6 nitrogen and oxygen atoms in total. The molecule has 4 rings (SSSR count). The lowest BCUT2D eigenvalue weighted by molar-refractivity contribution is 0.0975. The molecule has 0 aliphatic carbocycles. The largest absolute Gasteiger partial charge is 0.487 e. The Balaban J connectivity index is 1.57. The summed E-state index contributed by atoms with van der Waals surface area (Å²) >= 11 is 0. The second kappa shape index (κ2) is 8.37. The highest BCUT2D eigenvalue weighted by Crippen LogP contribution is 2.38. The summed E-state index contributed by atoms with van der Waals surface area (Å²) in [4.78, 5) is 28.5. The van der Waals surface area contributed by atoms with Crippen molar-refractivity contribution in [3.8, 4) is 16.9 Å². The fraction of sp³-hybridized carbons (Fsp3) is 0.208. The van der Waals surface area contributed by atoms with E-state index in [2.05, 4.69) is 22.0 Å². The predicted molar refractivity (Wildman–Crippen MR) is 114 cm³/mol. The fourth-order valence-corrected chi connectivity index (χ4v) is 3.59. The molecule has 0 radical (unpaired) electrons. The number of nitrogens with zero attached hydrogens (tertiary/aromatic N) is 1. The quantitative estimate of drug-likeness (QED) is 0.594. The van der Waals surface area contributed by atoms with Crippen molar-refractivity contribution in [3.63, 3.8) is 0 Å². The van der Waals surface area contributed by atoms with Gasteiger partial charge in [-0.05, 0) is 34.7 Å². The normalized spacial score (nSPS) is 12.7. The number of benzene rings is 2. The first-order chi connectivity index (χ1) is 14.5. The minimum Gasteiger partial charge on any atom is -0.487 e. The van der Waals surface area contributed by atoms with Gasteiger partial charge in [-0.3, -0.25) is 10.1 Å². The van der Waals surface area contributed by atoms with Crippen molar-refractivity contribution in [2.75, 3.05) is 12.4 Å². The van der Waals surface area contributed by atoms with Crippen LogP contribution in [0, 0.1) is 0 Å². The maximum atomic E-state index is 12.9. The lowest BCUT2D eigenvalue weighted by atomic mass is 9.90. The lowest BCUT2D eigenvalue weighted by Crippen LogP contribution is -2.13. The summed E-state index contributed by atoms with van der Waals surface area (Å²) in [5.41, 5.74) is 4.52. The lowest BCUT2D eigenvalue weighted by Gasteiger charge is -2.22. The summed E-state index contributed by atoms with van der Waals surface area (Å²) in [5, 5.41) is 2.56. The topological polar surface area (TPSA) is 77.5 Å². The second-order valence-corrected chi connectivity index (χ2v) is 7.28. The molecule has 2 heterocycles. The molecule has 1 aliphatic heterocycles. The zero-order valence-electron chi connectivity index (χ0n) is 16.8. The molecule has 1 amide bonds. The number of anilines is 1. The Kier molecular flexibility index (Phi) is 5.48. The highest BCUT2D eigenvalue weighted by atomic mass is 16.5. The number of aromatic nitrogens is 1. The summed E-state index contributed by atoms with van der Waals surface area (Å²) in [6.45, 7) is 2.43. The van der Waals surface area contributed by atoms with Crippen LogP contribution < -0.4 is 10.1 Å². The number of carbonyl (C=O) groups excluding carboxylic acids is 2. The van der Waals surface area contributed by atoms with Crippen LogP contribution in [-0.4, -0.2) is 24.0 Å². The van der Waals surface area contributed by atoms with Crippen LogP contribution in [0.3, 0.4) is 0 Å². The predicted octanol–water partition coefficient (Wildman–Crippen LogP) is 5.20. The van der Waals surface area contributed by atoms with Crippen LogP contribution in [0.15, 0.2) is 60.8 Å². The van der Waals surface area contributed by atoms with Gasteiger partial charge in [0.15, 0.2) is 5.78 Å². The van der Waals surface area contributed by atoms with Gasteiger partial charge in [-0.1, -0.05) is 49.4 Å². The molecule has 3 aromatic rings. The summed E-state index contributed by atoms with van der Waals surface area (Å²) in [6.07, 6.45) is 1.43. The molecule has 1 N–H and O–H groups in total. The molecule has 6 heteroatoms. The molecule has 1 atom stereocenters. The van der Waals surface area contributed by atoms with Crippen LogP contribution in [0.25, 0.3) is 11.1 Å². The zero-order chi connectivity index (χ0) is 21.1. The first-order valence-corrected chi connectivity index (χ1v) is 9.74. The molecule has 0 fully saturated rings. The first-order valence-electron chi connectivity index (χ1n) is 9.74. The summed E-state index contributed by atoms with van der Waals surface area (Å²) in [6, 6.07) is 17.5. The maximum Gasteiger partial charge on any atom is 0.412 e. The number of ketones is 1.